The van der Waals surface area contributed by atoms with E-state index in [0.717, 1.165) is 23.7 Å². The van der Waals surface area contributed by atoms with E-state index in [2.05, 4.69) is 41.5 Å². The Hall–Kier alpha value is 0. The van der Waals surface area contributed by atoms with Crippen molar-refractivity contribution in [2.24, 2.45) is 23.7 Å². The fourth-order valence-corrected chi connectivity index (χ4v) is 2.61. The molecule has 0 aromatic rings. The summed E-state index contributed by atoms with van der Waals surface area (Å²) in [6.45, 7) is 14.3. The topological polar surface area (TPSA) is 0 Å². The molecular formula is C16H34. The van der Waals surface area contributed by atoms with Crippen LogP contribution in [0.2, 0.25) is 0 Å². The molecule has 98 valence electrons. The average Bonchev–Trinajstić information content (AvgIpc) is 2.17. The van der Waals surface area contributed by atoms with Crippen LogP contribution in [0.3, 0.4) is 0 Å². The summed E-state index contributed by atoms with van der Waals surface area (Å²) in [5.74, 6) is 3.63. The number of hydrogen-bond acceptors (Lipinski definition) is 0. The second-order valence-electron chi connectivity index (χ2n) is 6.41. The summed E-state index contributed by atoms with van der Waals surface area (Å²) < 4.78 is 0. The zero-order valence-corrected chi connectivity index (χ0v) is 12.6. The zero-order chi connectivity index (χ0) is 12.6. The van der Waals surface area contributed by atoms with Crippen LogP contribution >= 0.6 is 0 Å². The monoisotopic (exact) mass is 226 g/mol. The molecule has 0 rings (SSSR count). The van der Waals surface area contributed by atoms with Crippen molar-refractivity contribution in [3.8, 4) is 0 Å². The third kappa shape index (κ3) is 8.19. The second kappa shape index (κ2) is 9.07. The molecule has 0 spiro atoms. The Morgan fingerprint density at radius 3 is 1.88 bits per heavy atom. The van der Waals surface area contributed by atoms with Crippen LogP contribution in [0.1, 0.15) is 80.1 Å². The van der Waals surface area contributed by atoms with Crippen LogP contribution in [0.15, 0.2) is 0 Å². The van der Waals surface area contributed by atoms with Gasteiger partial charge in [-0.3, -0.25) is 0 Å². The van der Waals surface area contributed by atoms with Gasteiger partial charge in [0.15, 0.2) is 0 Å². The van der Waals surface area contributed by atoms with E-state index >= 15 is 0 Å². The molecule has 0 fully saturated rings. The molecule has 3 unspecified atom stereocenters. The minimum absolute atomic E-state index is 0.876. The Kier molecular flexibility index (Phi) is 9.07. The molecule has 0 aliphatic rings. The van der Waals surface area contributed by atoms with Crippen molar-refractivity contribution in [3.63, 3.8) is 0 Å². The van der Waals surface area contributed by atoms with Gasteiger partial charge in [0.05, 0.1) is 0 Å². The summed E-state index contributed by atoms with van der Waals surface area (Å²) >= 11 is 0. The van der Waals surface area contributed by atoms with Gasteiger partial charge >= 0.3 is 0 Å². The van der Waals surface area contributed by atoms with Gasteiger partial charge in [0.2, 0.25) is 0 Å². The molecule has 0 heteroatoms. The van der Waals surface area contributed by atoms with Crippen LogP contribution in [0.25, 0.3) is 0 Å². The predicted molar refractivity (Wildman–Crippen MR) is 75.7 cm³/mol. The van der Waals surface area contributed by atoms with E-state index in [1.165, 1.54) is 38.5 Å². The molecule has 0 aliphatic carbocycles. The minimum atomic E-state index is 0.876. The van der Waals surface area contributed by atoms with E-state index in [-0.39, 0.29) is 0 Å². The smallest absolute Gasteiger partial charge is 0.0414 e. The molecule has 0 saturated carbocycles. The van der Waals surface area contributed by atoms with Crippen molar-refractivity contribution in [2.45, 2.75) is 80.1 Å². The van der Waals surface area contributed by atoms with Gasteiger partial charge in [-0.25, -0.2) is 0 Å². The Labute approximate surface area is 104 Å². The summed E-state index contributed by atoms with van der Waals surface area (Å²) in [4.78, 5) is 0. The molecule has 3 atom stereocenters. The third-order valence-corrected chi connectivity index (χ3v) is 3.97. The van der Waals surface area contributed by atoms with Gasteiger partial charge in [-0.2, -0.15) is 0 Å². The molecule has 0 radical (unpaired) electrons. The molecule has 0 N–H and O–H groups in total. The Bertz CT molecular complexity index is 148. The van der Waals surface area contributed by atoms with Crippen molar-refractivity contribution in [1.82, 2.24) is 0 Å². The standard InChI is InChI=1S/C16H34/c1-7-9-14(4)12-16(6)15(5)11-8-10-13(2)3/h13-16H,7-12H2,1-6H3. The number of rotatable bonds is 9. The zero-order valence-electron chi connectivity index (χ0n) is 12.6. The molecule has 0 aliphatic heterocycles. The fourth-order valence-electron chi connectivity index (χ4n) is 2.61. The van der Waals surface area contributed by atoms with Gasteiger partial charge < -0.3 is 0 Å². The first-order chi connectivity index (χ1) is 7.47. The van der Waals surface area contributed by atoms with Crippen LogP contribution in [0.5, 0.6) is 0 Å². The molecule has 16 heavy (non-hydrogen) atoms. The lowest BCUT2D eigenvalue weighted by Gasteiger charge is -2.23. The first kappa shape index (κ1) is 16.0. The highest BCUT2D eigenvalue weighted by atomic mass is 14.2. The highest BCUT2D eigenvalue weighted by molar-refractivity contribution is 4.66. The maximum absolute atomic E-state index is 2.45. The molecule has 0 saturated heterocycles. The third-order valence-electron chi connectivity index (χ3n) is 3.97. The van der Waals surface area contributed by atoms with Crippen LogP contribution < -0.4 is 0 Å². The van der Waals surface area contributed by atoms with Crippen molar-refractivity contribution in [3.05, 3.63) is 0 Å². The van der Waals surface area contributed by atoms with E-state index in [0.29, 0.717) is 0 Å². The maximum Gasteiger partial charge on any atom is -0.0414 e. The van der Waals surface area contributed by atoms with Gasteiger partial charge in [0, 0.05) is 0 Å². The summed E-state index contributed by atoms with van der Waals surface area (Å²) in [5.41, 5.74) is 0. The first-order valence-electron chi connectivity index (χ1n) is 7.47. The van der Waals surface area contributed by atoms with Crippen LogP contribution in [0, 0.1) is 23.7 Å². The van der Waals surface area contributed by atoms with E-state index < -0.39 is 0 Å². The van der Waals surface area contributed by atoms with Gasteiger partial charge in [0.25, 0.3) is 0 Å². The van der Waals surface area contributed by atoms with Gasteiger partial charge in [-0.05, 0) is 30.1 Å². The molecule has 0 bridgehead atoms. The maximum atomic E-state index is 2.45. The largest absolute Gasteiger partial charge is 0.0654 e. The Balaban J connectivity index is 3.67. The summed E-state index contributed by atoms with van der Waals surface area (Å²) in [7, 11) is 0. The van der Waals surface area contributed by atoms with E-state index in [1.54, 1.807) is 0 Å². The molecule has 0 aromatic carbocycles. The normalized spacial score (nSPS) is 17.4. The quantitative estimate of drug-likeness (QED) is 0.458. The first-order valence-corrected chi connectivity index (χ1v) is 7.47. The van der Waals surface area contributed by atoms with Crippen molar-refractivity contribution >= 4 is 0 Å². The lowest BCUT2D eigenvalue weighted by molar-refractivity contribution is 0.282. The SMILES string of the molecule is CCCC(C)CC(C)C(C)CCCC(C)C. The van der Waals surface area contributed by atoms with Crippen molar-refractivity contribution in [2.75, 3.05) is 0 Å². The summed E-state index contributed by atoms with van der Waals surface area (Å²) in [6.07, 6.45) is 8.43. The molecule has 0 amide bonds. The predicted octanol–water partition coefficient (Wildman–Crippen LogP) is 5.91. The lowest BCUT2D eigenvalue weighted by Crippen LogP contribution is -2.12. The number of hydrogen-bond donors (Lipinski definition) is 0. The fraction of sp³-hybridized carbons (Fsp3) is 1.00. The summed E-state index contributed by atoms with van der Waals surface area (Å²) in [5, 5.41) is 0. The second-order valence-corrected chi connectivity index (χ2v) is 6.41. The average molecular weight is 226 g/mol. The highest BCUT2D eigenvalue weighted by Crippen LogP contribution is 2.26. The van der Waals surface area contributed by atoms with Crippen LogP contribution in [0.4, 0.5) is 0 Å². The van der Waals surface area contributed by atoms with E-state index in [9.17, 15) is 0 Å². The van der Waals surface area contributed by atoms with Crippen molar-refractivity contribution < 1.29 is 0 Å². The Morgan fingerprint density at radius 2 is 1.38 bits per heavy atom. The molecular weight excluding hydrogens is 192 g/mol. The molecule has 0 aromatic heterocycles. The van der Waals surface area contributed by atoms with Crippen molar-refractivity contribution in [1.29, 1.82) is 0 Å². The van der Waals surface area contributed by atoms with E-state index in [4.69, 9.17) is 0 Å². The molecule has 0 nitrogen and oxygen atoms in total. The minimum Gasteiger partial charge on any atom is -0.0654 e. The van der Waals surface area contributed by atoms with Gasteiger partial charge in [0.1, 0.15) is 0 Å². The van der Waals surface area contributed by atoms with Crippen LogP contribution in [-0.4, -0.2) is 0 Å². The van der Waals surface area contributed by atoms with E-state index in [1.807, 2.05) is 0 Å². The van der Waals surface area contributed by atoms with Gasteiger partial charge in [-0.15, -0.1) is 0 Å². The van der Waals surface area contributed by atoms with Gasteiger partial charge in [-0.1, -0.05) is 73.6 Å². The molecule has 0 heterocycles. The highest BCUT2D eigenvalue weighted by Gasteiger charge is 2.15. The Morgan fingerprint density at radius 1 is 0.750 bits per heavy atom. The lowest BCUT2D eigenvalue weighted by atomic mass is 9.83. The van der Waals surface area contributed by atoms with Crippen LogP contribution in [-0.2, 0) is 0 Å². The summed E-state index contributed by atoms with van der Waals surface area (Å²) in [6, 6.07) is 0.